The number of carbonyl (C=O) groups excluding carboxylic acids is 1. The molecule has 0 atom stereocenters. The van der Waals surface area contributed by atoms with Gasteiger partial charge in [-0.1, -0.05) is 26.0 Å². The largest absolute Gasteiger partial charge is 0.399 e. The fourth-order valence-electron chi connectivity index (χ4n) is 1.90. The topological polar surface area (TPSA) is 55.1 Å². The molecular formula is C16H17FN2O. The quantitative estimate of drug-likeness (QED) is 0.835. The van der Waals surface area contributed by atoms with Crippen LogP contribution in [0.15, 0.2) is 42.5 Å². The molecule has 2 aromatic rings. The molecule has 0 fully saturated rings. The summed E-state index contributed by atoms with van der Waals surface area (Å²) in [6.45, 7) is 4.20. The van der Waals surface area contributed by atoms with E-state index in [1.165, 1.54) is 17.7 Å². The molecule has 0 unspecified atom stereocenters. The smallest absolute Gasteiger partial charge is 0.255 e. The molecule has 0 saturated heterocycles. The number of halogens is 1. The first-order chi connectivity index (χ1) is 9.45. The lowest BCUT2D eigenvalue weighted by Crippen LogP contribution is -2.12. The van der Waals surface area contributed by atoms with E-state index in [4.69, 9.17) is 5.73 Å². The minimum Gasteiger partial charge on any atom is -0.399 e. The minimum absolute atomic E-state index is 0.204. The molecule has 104 valence electrons. The van der Waals surface area contributed by atoms with Crippen LogP contribution in [-0.4, -0.2) is 5.91 Å². The van der Waals surface area contributed by atoms with Crippen molar-refractivity contribution in [2.75, 3.05) is 11.1 Å². The van der Waals surface area contributed by atoms with Gasteiger partial charge in [-0.25, -0.2) is 4.39 Å². The number of hydrogen-bond acceptors (Lipinski definition) is 2. The molecule has 0 aromatic heterocycles. The summed E-state index contributed by atoms with van der Waals surface area (Å²) in [7, 11) is 0. The van der Waals surface area contributed by atoms with Crippen LogP contribution in [0.25, 0.3) is 0 Å². The van der Waals surface area contributed by atoms with Crippen LogP contribution in [-0.2, 0) is 0 Å². The third-order valence-corrected chi connectivity index (χ3v) is 3.02. The Bertz CT molecular complexity index is 601. The number of nitrogen functional groups attached to an aromatic ring is 1. The lowest BCUT2D eigenvalue weighted by Gasteiger charge is -2.09. The predicted molar refractivity (Wildman–Crippen MR) is 79.3 cm³/mol. The second-order valence-corrected chi connectivity index (χ2v) is 5.00. The molecule has 3 N–H and O–H groups in total. The van der Waals surface area contributed by atoms with E-state index in [1.807, 2.05) is 24.3 Å². The van der Waals surface area contributed by atoms with Crippen molar-refractivity contribution in [3.8, 4) is 0 Å². The summed E-state index contributed by atoms with van der Waals surface area (Å²) in [5, 5.41) is 2.72. The summed E-state index contributed by atoms with van der Waals surface area (Å²) in [4.78, 5) is 12.0. The SMILES string of the molecule is CC(C)c1ccc(NC(=O)c2cc(N)cc(F)c2)cc1. The lowest BCUT2D eigenvalue weighted by atomic mass is 10.0. The van der Waals surface area contributed by atoms with Crippen LogP contribution in [0, 0.1) is 5.82 Å². The Morgan fingerprint density at radius 3 is 2.35 bits per heavy atom. The van der Waals surface area contributed by atoms with Crippen LogP contribution in [0.2, 0.25) is 0 Å². The minimum atomic E-state index is -0.523. The van der Waals surface area contributed by atoms with Gasteiger partial charge in [0.2, 0.25) is 0 Å². The van der Waals surface area contributed by atoms with Crippen molar-refractivity contribution in [2.45, 2.75) is 19.8 Å². The Hall–Kier alpha value is -2.36. The molecule has 1 amide bonds. The molecule has 0 radical (unpaired) electrons. The molecule has 2 rings (SSSR count). The highest BCUT2D eigenvalue weighted by molar-refractivity contribution is 6.04. The van der Waals surface area contributed by atoms with Gasteiger partial charge < -0.3 is 11.1 Å². The first-order valence-corrected chi connectivity index (χ1v) is 6.43. The summed E-state index contributed by atoms with van der Waals surface area (Å²) >= 11 is 0. The third-order valence-electron chi connectivity index (χ3n) is 3.02. The van der Waals surface area contributed by atoms with Crippen LogP contribution in [0.4, 0.5) is 15.8 Å². The summed E-state index contributed by atoms with van der Waals surface area (Å²) in [6, 6.07) is 11.4. The van der Waals surface area contributed by atoms with Gasteiger partial charge in [-0.3, -0.25) is 4.79 Å². The second-order valence-electron chi connectivity index (χ2n) is 5.00. The van der Waals surface area contributed by atoms with Crippen molar-refractivity contribution < 1.29 is 9.18 Å². The molecule has 0 heterocycles. The highest BCUT2D eigenvalue weighted by atomic mass is 19.1. The van der Waals surface area contributed by atoms with E-state index in [2.05, 4.69) is 19.2 Å². The zero-order valence-electron chi connectivity index (χ0n) is 11.5. The van der Waals surface area contributed by atoms with Crippen LogP contribution in [0.5, 0.6) is 0 Å². The number of rotatable bonds is 3. The van der Waals surface area contributed by atoms with Crippen molar-refractivity contribution in [1.29, 1.82) is 0 Å². The number of benzene rings is 2. The van der Waals surface area contributed by atoms with E-state index in [-0.39, 0.29) is 17.2 Å². The Morgan fingerprint density at radius 1 is 1.15 bits per heavy atom. The standard InChI is InChI=1S/C16H17FN2O/c1-10(2)11-3-5-15(6-4-11)19-16(20)12-7-13(17)9-14(18)8-12/h3-10H,18H2,1-2H3,(H,19,20). The summed E-state index contributed by atoms with van der Waals surface area (Å²) < 4.78 is 13.2. The average Bonchev–Trinajstić information content (AvgIpc) is 2.38. The number of nitrogens with two attached hydrogens (primary N) is 1. The summed E-state index contributed by atoms with van der Waals surface area (Å²) in [6.07, 6.45) is 0. The van der Waals surface area contributed by atoms with Crippen molar-refractivity contribution in [1.82, 2.24) is 0 Å². The zero-order valence-corrected chi connectivity index (χ0v) is 11.5. The van der Waals surface area contributed by atoms with Crippen molar-refractivity contribution in [3.63, 3.8) is 0 Å². The second kappa shape index (κ2) is 5.74. The van der Waals surface area contributed by atoms with E-state index >= 15 is 0 Å². The van der Waals surface area contributed by atoms with Crippen molar-refractivity contribution in [2.24, 2.45) is 0 Å². The lowest BCUT2D eigenvalue weighted by molar-refractivity contribution is 0.102. The molecule has 2 aromatic carbocycles. The van der Waals surface area contributed by atoms with Gasteiger partial charge in [-0.15, -0.1) is 0 Å². The van der Waals surface area contributed by atoms with E-state index in [1.54, 1.807) is 0 Å². The van der Waals surface area contributed by atoms with Crippen LogP contribution in [0.3, 0.4) is 0 Å². The summed E-state index contributed by atoms with van der Waals surface area (Å²) in [5.41, 5.74) is 7.82. The van der Waals surface area contributed by atoms with Crippen molar-refractivity contribution >= 4 is 17.3 Å². The normalized spacial score (nSPS) is 10.6. The van der Waals surface area contributed by atoms with E-state index in [0.717, 1.165) is 6.07 Å². The molecule has 0 bridgehead atoms. The number of hydrogen-bond donors (Lipinski definition) is 2. The first-order valence-electron chi connectivity index (χ1n) is 6.43. The van der Waals surface area contributed by atoms with Gasteiger partial charge in [0.15, 0.2) is 0 Å². The molecular weight excluding hydrogens is 255 g/mol. The van der Waals surface area contributed by atoms with Crippen LogP contribution in [0.1, 0.15) is 35.7 Å². The maximum atomic E-state index is 13.2. The predicted octanol–water partition coefficient (Wildman–Crippen LogP) is 3.78. The number of nitrogens with one attached hydrogen (secondary N) is 1. The Morgan fingerprint density at radius 2 is 1.80 bits per heavy atom. The number of anilines is 2. The van der Waals surface area contributed by atoms with E-state index in [0.29, 0.717) is 11.6 Å². The molecule has 0 aliphatic heterocycles. The monoisotopic (exact) mass is 272 g/mol. The van der Waals surface area contributed by atoms with Gasteiger partial charge in [0.05, 0.1) is 0 Å². The maximum Gasteiger partial charge on any atom is 0.255 e. The van der Waals surface area contributed by atoms with Crippen molar-refractivity contribution in [3.05, 3.63) is 59.4 Å². The van der Waals surface area contributed by atoms with E-state index in [9.17, 15) is 9.18 Å². The molecule has 3 nitrogen and oxygen atoms in total. The zero-order chi connectivity index (χ0) is 14.7. The molecule has 0 saturated carbocycles. The van der Waals surface area contributed by atoms with Crippen LogP contribution >= 0.6 is 0 Å². The van der Waals surface area contributed by atoms with Gasteiger partial charge >= 0.3 is 0 Å². The molecule has 4 heteroatoms. The molecule has 0 aliphatic carbocycles. The number of carbonyl (C=O) groups is 1. The maximum absolute atomic E-state index is 13.2. The highest BCUT2D eigenvalue weighted by Gasteiger charge is 2.09. The summed E-state index contributed by atoms with van der Waals surface area (Å²) in [5.74, 6) is -0.471. The Balaban J connectivity index is 2.14. The highest BCUT2D eigenvalue weighted by Crippen LogP contribution is 2.18. The Kier molecular flexibility index (Phi) is 4.03. The van der Waals surface area contributed by atoms with Gasteiger partial charge in [-0.2, -0.15) is 0 Å². The fourth-order valence-corrected chi connectivity index (χ4v) is 1.90. The Labute approximate surface area is 117 Å². The van der Waals surface area contributed by atoms with Crippen LogP contribution < -0.4 is 11.1 Å². The van der Waals surface area contributed by atoms with E-state index < -0.39 is 5.82 Å². The van der Waals surface area contributed by atoms with Gasteiger partial charge in [-0.05, 0) is 41.8 Å². The van der Waals surface area contributed by atoms with Gasteiger partial charge in [0.25, 0.3) is 5.91 Å². The fraction of sp³-hybridized carbons (Fsp3) is 0.188. The first kappa shape index (κ1) is 14.1. The van der Waals surface area contributed by atoms with Gasteiger partial charge in [0, 0.05) is 16.9 Å². The molecule has 0 aliphatic rings. The molecule has 0 spiro atoms. The third kappa shape index (κ3) is 3.35. The average molecular weight is 272 g/mol. The number of amides is 1. The molecule has 20 heavy (non-hydrogen) atoms. The van der Waals surface area contributed by atoms with Gasteiger partial charge in [0.1, 0.15) is 5.82 Å².